The van der Waals surface area contributed by atoms with Crippen LogP contribution in [0.2, 0.25) is 0 Å². The average molecular weight is 165 g/mol. The molecule has 66 valence electrons. The van der Waals surface area contributed by atoms with Crippen LogP contribution in [0.15, 0.2) is 11.6 Å². The molecule has 0 radical (unpaired) electrons. The van der Waals surface area contributed by atoms with Gasteiger partial charge < -0.3 is 10.1 Å². The van der Waals surface area contributed by atoms with Crippen LogP contribution in [0, 0.1) is 11.8 Å². The van der Waals surface area contributed by atoms with Gasteiger partial charge in [-0.25, -0.2) is 0 Å². The highest BCUT2D eigenvalue weighted by Gasteiger charge is 2.01. The molecule has 0 saturated heterocycles. The molecule has 2 heteroatoms. The monoisotopic (exact) mass is 165 g/mol. The zero-order valence-corrected chi connectivity index (χ0v) is 7.52. The van der Waals surface area contributed by atoms with Gasteiger partial charge >= 0.3 is 0 Å². The number of ether oxygens (including phenoxy) is 1. The molecule has 0 aromatic carbocycles. The van der Waals surface area contributed by atoms with Gasteiger partial charge in [-0.05, 0) is 18.9 Å². The van der Waals surface area contributed by atoms with E-state index in [4.69, 9.17) is 4.74 Å². The topological polar surface area (TPSA) is 21.3 Å². The summed E-state index contributed by atoms with van der Waals surface area (Å²) in [7, 11) is 0. The average Bonchev–Trinajstić information content (AvgIpc) is 2.14. The van der Waals surface area contributed by atoms with Crippen molar-refractivity contribution in [2.24, 2.45) is 0 Å². The third kappa shape index (κ3) is 3.56. The highest BCUT2D eigenvalue weighted by atomic mass is 16.5. The van der Waals surface area contributed by atoms with Crippen molar-refractivity contribution in [1.82, 2.24) is 5.32 Å². The molecule has 12 heavy (non-hydrogen) atoms. The minimum absolute atomic E-state index is 0.772. The SMILES string of the molecule is CC#CCNCC1=CCCOC1. The third-order valence-corrected chi connectivity index (χ3v) is 1.72. The first-order chi connectivity index (χ1) is 5.93. The lowest BCUT2D eigenvalue weighted by molar-refractivity contribution is 0.149. The van der Waals surface area contributed by atoms with Gasteiger partial charge in [0.2, 0.25) is 0 Å². The molecule has 0 aliphatic carbocycles. The van der Waals surface area contributed by atoms with Crippen LogP contribution in [0.3, 0.4) is 0 Å². The second-order valence-electron chi connectivity index (χ2n) is 2.73. The quantitative estimate of drug-likeness (QED) is 0.382. The Balaban J connectivity index is 2.12. The molecule has 0 spiro atoms. The van der Waals surface area contributed by atoms with Crippen LogP contribution in [0.4, 0.5) is 0 Å². The summed E-state index contributed by atoms with van der Waals surface area (Å²) in [4.78, 5) is 0. The van der Waals surface area contributed by atoms with Crippen molar-refractivity contribution in [2.75, 3.05) is 26.3 Å². The van der Waals surface area contributed by atoms with E-state index in [0.29, 0.717) is 0 Å². The van der Waals surface area contributed by atoms with Crippen molar-refractivity contribution in [1.29, 1.82) is 0 Å². The maximum Gasteiger partial charge on any atom is 0.0689 e. The molecule has 1 aliphatic rings. The second-order valence-corrected chi connectivity index (χ2v) is 2.73. The molecular weight excluding hydrogens is 150 g/mol. The smallest absolute Gasteiger partial charge is 0.0689 e. The fourth-order valence-electron chi connectivity index (χ4n) is 1.11. The maximum absolute atomic E-state index is 5.29. The van der Waals surface area contributed by atoms with E-state index < -0.39 is 0 Å². The number of hydrogen-bond acceptors (Lipinski definition) is 2. The molecule has 1 rings (SSSR count). The molecular formula is C10H15NO. The van der Waals surface area contributed by atoms with Gasteiger partial charge in [-0.3, -0.25) is 0 Å². The highest BCUT2D eigenvalue weighted by molar-refractivity contribution is 5.08. The summed E-state index contributed by atoms with van der Waals surface area (Å²) in [5.74, 6) is 5.80. The van der Waals surface area contributed by atoms with Crippen LogP contribution in [-0.2, 0) is 4.74 Å². The second kappa shape index (κ2) is 5.82. The van der Waals surface area contributed by atoms with Gasteiger partial charge in [0.1, 0.15) is 0 Å². The van der Waals surface area contributed by atoms with E-state index >= 15 is 0 Å². The van der Waals surface area contributed by atoms with Crippen LogP contribution in [0.25, 0.3) is 0 Å². The Kier molecular flexibility index (Phi) is 4.51. The van der Waals surface area contributed by atoms with Crippen molar-refractivity contribution < 1.29 is 4.74 Å². The van der Waals surface area contributed by atoms with E-state index in [-0.39, 0.29) is 0 Å². The first-order valence-electron chi connectivity index (χ1n) is 4.29. The lowest BCUT2D eigenvalue weighted by atomic mass is 10.2. The first kappa shape index (κ1) is 9.31. The fraction of sp³-hybridized carbons (Fsp3) is 0.600. The van der Waals surface area contributed by atoms with Crippen LogP contribution in [-0.4, -0.2) is 26.3 Å². The summed E-state index contributed by atoms with van der Waals surface area (Å²) < 4.78 is 5.29. The van der Waals surface area contributed by atoms with Crippen molar-refractivity contribution in [3.05, 3.63) is 11.6 Å². The molecule has 1 aliphatic heterocycles. The van der Waals surface area contributed by atoms with Crippen molar-refractivity contribution in [2.45, 2.75) is 13.3 Å². The zero-order valence-electron chi connectivity index (χ0n) is 7.52. The van der Waals surface area contributed by atoms with Crippen LogP contribution >= 0.6 is 0 Å². The maximum atomic E-state index is 5.29. The largest absolute Gasteiger partial charge is 0.377 e. The summed E-state index contributed by atoms with van der Waals surface area (Å²) in [6.45, 7) is 5.19. The van der Waals surface area contributed by atoms with E-state index in [9.17, 15) is 0 Å². The van der Waals surface area contributed by atoms with Gasteiger partial charge in [-0.1, -0.05) is 12.0 Å². The number of rotatable bonds is 3. The van der Waals surface area contributed by atoms with Gasteiger partial charge in [0.15, 0.2) is 0 Å². The minimum atomic E-state index is 0.772. The number of nitrogens with one attached hydrogen (secondary N) is 1. The zero-order chi connectivity index (χ0) is 8.65. The Bertz CT molecular complexity index is 210. The van der Waals surface area contributed by atoms with E-state index in [1.54, 1.807) is 0 Å². The van der Waals surface area contributed by atoms with Crippen LogP contribution in [0.1, 0.15) is 13.3 Å². The van der Waals surface area contributed by atoms with Gasteiger partial charge in [0.05, 0.1) is 19.8 Å². The Morgan fingerprint density at radius 3 is 3.25 bits per heavy atom. The van der Waals surface area contributed by atoms with E-state index in [2.05, 4.69) is 23.2 Å². The van der Waals surface area contributed by atoms with Crippen molar-refractivity contribution in [3.8, 4) is 11.8 Å². The Morgan fingerprint density at radius 2 is 2.58 bits per heavy atom. The molecule has 0 aromatic heterocycles. The Hall–Kier alpha value is -0.780. The summed E-state index contributed by atoms with van der Waals surface area (Å²) in [5.41, 5.74) is 1.35. The van der Waals surface area contributed by atoms with Crippen molar-refractivity contribution in [3.63, 3.8) is 0 Å². The summed E-state index contributed by atoms with van der Waals surface area (Å²) in [6.07, 6.45) is 3.30. The van der Waals surface area contributed by atoms with E-state index in [1.165, 1.54) is 5.57 Å². The summed E-state index contributed by atoms with van der Waals surface area (Å²) >= 11 is 0. The predicted octanol–water partition coefficient (Wildman–Crippen LogP) is 0.946. The van der Waals surface area contributed by atoms with E-state index in [1.807, 2.05) is 6.92 Å². The highest BCUT2D eigenvalue weighted by Crippen LogP contribution is 2.03. The van der Waals surface area contributed by atoms with Gasteiger partial charge in [0, 0.05) is 6.54 Å². The van der Waals surface area contributed by atoms with Gasteiger partial charge in [-0.15, -0.1) is 5.92 Å². The molecule has 0 atom stereocenters. The molecule has 1 heterocycles. The van der Waals surface area contributed by atoms with Gasteiger partial charge in [-0.2, -0.15) is 0 Å². The molecule has 0 saturated carbocycles. The standard InChI is InChI=1S/C10H15NO/c1-2-3-6-11-8-10-5-4-7-12-9-10/h5,11H,4,6-9H2,1H3. The van der Waals surface area contributed by atoms with E-state index in [0.717, 1.165) is 32.7 Å². The fourth-order valence-corrected chi connectivity index (χ4v) is 1.11. The summed E-state index contributed by atoms with van der Waals surface area (Å²) in [5, 5.41) is 3.23. The first-order valence-corrected chi connectivity index (χ1v) is 4.29. The minimum Gasteiger partial charge on any atom is -0.377 e. The lowest BCUT2D eigenvalue weighted by Crippen LogP contribution is -2.21. The molecule has 0 aromatic rings. The normalized spacial score (nSPS) is 16.2. The Labute approximate surface area is 74.0 Å². The molecule has 0 bridgehead atoms. The summed E-state index contributed by atoms with van der Waals surface area (Å²) in [6, 6.07) is 0. The lowest BCUT2D eigenvalue weighted by Gasteiger charge is -2.13. The van der Waals surface area contributed by atoms with Gasteiger partial charge in [0.25, 0.3) is 0 Å². The molecule has 0 amide bonds. The number of hydrogen-bond donors (Lipinski definition) is 1. The Morgan fingerprint density at radius 1 is 1.67 bits per heavy atom. The van der Waals surface area contributed by atoms with Crippen LogP contribution < -0.4 is 5.32 Å². The predicted molar refractivity (Wildman–Crippen MR) is 49.8 cm³/mol. The molecule has 2 nitrogen and oxygen atoms in total. The molecule has 0 fully saturated rings. The van der Waals surface area contributed by atoms with Crippen molar-refractivity contribution >= 4 is 0 Å². The van der Waals surface area contributed by atoms with Crippen LogP contribution in [0.5, 0.6) is 0 Å². The molecule has 1 N–H and O–H groups in total. The third-order valence-electron chi connectivity index (χ3n) is 1.72. The molecule has 0 unspecified atom stereocenters.